The predicted molar refractivity (Wildman–Crippen MR) is 106 cm³/mol. The largest absolute Gasteiger partial charge is 0.489 e. The monoisotopic (exact) mass is 386 g/mol. The van der Waals surface area contributed by atoms with Crippen LogP contribution in [0.25, 0.3) is 0 Å². The van der Waals surface area contributed by atoms with Crippen molar-refractivity contribution in [2.75, 3.05) is 26.2 Å². The zero-order valence-corrected chi connectivity index (χ0v) is 16.0. The van der Waals surface area contributed by atoms with Crippen LogP contribution in [-0.2, 0) is 22.6 Å². The van der Waals surface area contributed by atoms with Gasteiger partial charge in [0.05, 0.1) is 6.61 Å². The molecule has 1 saturated heterocycles. The lowest BCUT2D eigenvalue weighted by Gasteiger charge is -2.12. The number of benzene rings is 2. The van der Waals surface area contributed by atoms with E-state index in [1.54, 1.807) is 12.1 Å². The molecule has 5 nitrogen and oxygen atoms in total. The molecular weight excluding hydrogens is 359 g/mol. The van der Waals surface area contributed by atoms with Crippen LogP contribution >= 0.6 is 0 Å². The van der Waals surface area contributed by atoms with Crippen molar-refractivity contribution < 1.29 is 18.7 Å². The topological polar surface area (TPSA) is 59.6 Å². The highest BCUT2D eigenvalue weighted by Gasteiger charge is 2.15. The van der Waals surface area contributed by atoms with Gasteiger partial charge in [-0.3, -0.25) is 4.79 Å². The summed E-state index contributed by atoms with van der Waals surface area (Å²) in [6.07, 6.45) is 3.07. The second kappa shape index (κ2) is 10.8. The van der Waals surface area contributed by atoms with Gasteiger partial charge in [0.25, 0.3) is 0 Å². The fourth-order valence-electron chi connectivity index (χ4n) is 3.07. The number of rotatable bonds is 10. The third-order valence-electron chi connectivity index (χ3n) is 4.62. The highest BCUT2D eigenvalue weighted by atomic mass is 19.1. The predicted octanol–water partition coefficient (Wildman–Crippen LogP) is 2.83. The maximum Gasteiger partial charge on any atom is 0.246 e. The summed E-state index contributed by atoms with van der Waals surface area (Å²) in [5, 5.41) is 6.14. The van der Waals surface area contributed by atoms with Gasteiger partial charge in [0.1, 0.15) is 24.3 Å². The Morgan fingerprint density at radius 3 is 2.57 bits per heavy atom. The standard InChI is InChI=1S/C22H27FN2O3/c23-19-7-3-18(4-8-19)15-27-16-22(26)25-12-1-2-17-5-9-20(10-6-17)28-21-11-13-24-14-21/h3-10,21,24H,1-2,11-16H2,(H,25,26)/t21-/m1/s1. The number of aryl methyl sites for hydroxylation is 1. The minimum atomic E-state index is -0.283. The van der Waals surface area contributed by atoms with Crippen LogP contribution in [0.2, 0.25) is 0 Å². The number of hydrogen-bond donors (Lipinski definition) is 2. The van der Waals surface area contributed by atoms with Crippen molar-refractivity contribution in [2.24, 2.45) is 0 Å². The van der Waals surface area contributed by atoms with Gasteiger partial charge in [-0.15, -0.1) is 0 Å². The summed E-state index contributed by atoms with van der Waals surface area (Å²) in [6, 6.07) is 14.2. The van der Waals surface area contributed by atoms with Gasteiger partial charge < -0.3 is 20.1 Å². The van der Waals surface area contributed by atoms with E-state index in [0.29, 0.717) is 13.2 Å². The summed E-state index contributed by atoms with van der Waals surface area (Å²) in [7, 11) is 0. The fraction of sp³-hybridized carbons (Fsp3) is 0.409. The number of hydrogen-bond acceptors (Lipinski definition) is 4. The molecule has 0 saturated carbocycles. The van der Waals surface area contributed by atoms with E-state index >= 15 is 0 Å². The molecule has 0 spiro atoms. The van der Waals surface area contributed by atoms with E-state index < -0.39 is 0 Å². The van der Waals surface area contributed by atoms with Crippen molar-refractivity contribution in [1.29, 1.82) is 0 Å². The Bertz CT molecular complexity index is 728. The molecule has 6 heteroatoms. The molecule has 1 amide bonds. The van der Waals surface area contributed by atoms with Gasteiger partial charge in [0.2, 0.25) is 5.91 Å². The summed E-state index contributed by atoms with van der Waals surface area (Å²) < 4.78 is 24.1. The molecule has 1 atom stereocenters. The Labute approximate surface area is 165 Å². The zero-order chi connectivity index (χ0) is 19.6. The molecule has 28 heavy (non-hydrogen) atoms. The van der Waals surface area contributed by atoms with E-state index in [0.717, 1.165) is 43.7 Å². The molecule has 2 aromatic carbocycles. The molecular formula is C22H27FN2O3. The average Bonchev–Trinajstić information content (AvgIpc) is 3.21. The van der Waals surface area contributed by atoms with E-state index in [1.165, 1.54) is 17.7 Å². The van der Waals surface area contributed by atoms with Crippen molar-refractivity contribution in [1.82, 2.24) is 10.6 Å². The number of carbonyl (C=O) groups excluding carboxylic acids is 1. The van der Waals surface area contributed by atoms with Crippen LogP contribution in [0.4, 0.5) is 4.39 Å². The Morgan fingerprint density at radius 2 is 1.86 bits per heavy atom. The van der Waals surface area contributed by atoms with Gasteiger partial charge >= 0.3 is 0 Å². The minimum absolute atomic E-state index is 0.000559. The Morgan fingerprint density at radius 1 is 1.11 bits per heavy atom. The lowest BCUT2D eigenvalue weighted by Crippen LogP contribution is -2.28. The summed E-state index contributed by atoms with van der Waals surface area (Å²) >= 11 is 0. The highest BCUT2D eigenvalue weighted by molar-refractivity contribution is 5.77. The Hall–Kier alpha value is -2.44. The van der Waals surface area contributed by atoms with Crippen LogP contribution in [0, 0.1) is 5.82 Å². The van der Waals surface area contributed by atoms with Crippen LogP contribution in [-0.4, -0.2) is 38.3 Å². The number of halogens is 1. The van der Waals surface area contributed by atoms with E-state index in [9.17, 15) is 9.18 Å². The molecule has 1 aliphatic heterocycles. The molecule has 0 radical (unpaired) electrons. The minimum Gasteiger partial charge on any atom is -0.489 e. The lowest BCUT2D eigenvalue weighted by molar-refractivity contribution is -0.126. The van der Waals surface area contributed by atoms with Gasteiger partial charge in [0, 0.05) is 13.1 Å². The van der Waals surface area contributed by atoms with Crippen molar-refractivity contribution in [3.8, 4) is 5.75 Å². The molecule has 150 valence electrons. The SMILES string of the molecule is O=C(COCc1ccc(F)cc1)NCCCc1ccc(O[C@@H]2CCNC2)cc1. The smallest absolute Gasteiger partial charge is 0.246 e. The maximum absolute atomic E-state index is 12.8. The fourth-order valence-corrected chi connectivity index (χ4v) is 3.07. The second-order valence-electron chi connectivity index (χ2n) is 6.95. The Kier molecular flexibility index (Phi) is 7.82. The first-order chi connectivity index (χ1) is 13.7. The van der Waals surface area contributed by atoms with Crippen molar-refractivity contribution in [3.63, 3.8) is 0 Å². The van der Waals surface area contributed by atoms with Crippen molar-refractivity contribution in [2.45, 2.75) is 32.0 Å². The van der Waals surface area contributed by atoms with E-state index in [1.807, 2.05) is 12.1 Å². The second-order valence-corrected chi connectivity index (χ2v) is 6.95. The van der Waals surface area contributed by atoms with Gasteiger partial charge in [0.15, 0.2) is 0 Å². The van der Waals surface area contributed by atoms with Gasteiger partial charge in [-0.25, -0.2) is 4.39 Å². The molecule has 3 rings (SSSR count). The number of ether oxygens (including phenoxy) is 2. The molecule has 0 aromatic heterocycles. The maximum atomic E-state index is 12.8. The summed E-state index contributed by atoms with van der Waals surface area (Å²) in [5.74, 6) is 0.481. The van der Waals surface area contributed by atoms with Gasteiger partial charge in [-0.1, -0.05) is 24.3 Å². The van der Waals surface area contributed by atoms with Crippen LogP contribution in [0.5, 0.6) is 5.75 Å². The highest BCUT2D eigenvalue weighted by Crippen LogP contribution is 2.16. The number of nitrogens with one attached hydrogen (secondary N) is 2. The number of amides is 1. The molecule has 0 unspecified atom stereocenters. The zero-order valence-electron chi connectivity index (χ0n) is 16.0. The van der Waals surface area contributed by atoms with Crippen LogP contribution in [0.1, 0.15) is 24.0 Å². The van der Waals surface area contributed by atoms with Crippen LogP contribution < -0.4 is 15.4 Å². The Balaban J connectivity index is 1.26. The normalized spacial score (nSPS) is 16.1. The van der Waals surface area contributed by atoms with E-state index in [2.05, 4.69) is 22.8 Å². The van der Waals surface area contributed by atoms with Gasteiger partial charge in [-0.2, -0.15) is 0 Å². The summed E-state index contributed by atoms with van der Waals surface area (Å²) in [4.78, 5) is 11.8. The third kappa shape index (κ3) is 6.94. The van der Waals surface area contributed by atoms with E-state index in [-0.39, 0.29) is 24.4 Å². The van der Waals surface area contributed by atoms with Crippen molar-refractivity contribution in [3.05, 3.63) is 65.5 Å². The first-order valence-corrected chi connectivity index (χ1v) is 9.74. The molecule has 1 heterocycles. The number of carbonyl (C=O) groups is 1. The van der Waals surface area contributed by atoms with Crippen LogP contribution in [0.15, 0.2) is 48.5 Å². The van der Waals surface area contributed by atoms with E-state index in [4.69, 9.17) is 9.47 Å². The summed E-state index contributed by atoms with van der Waals surface area (Å²) in [6.45, 7) is 2.82. The third-order valence-corrected chi connectivity index (χ3v) is 4.62. The molecule has 2 N–H and O–H groups in total. The molecule has 0 bridgehead atoms. The summed E-state index contributed by atoms with van der Waals surface area (Å²) in [5.41, 5.74) is 2.06. The quantitative estimate of drug-likeness (QED) is 0.617. The first-order valence-electron chi connectivity index (χ1n) is 9.74. The van der Waals surface area contributed by atoms with Crippen LogP contribution in [0.3, 0.4) is 0 Å². The lowest BCUT2D eigenvalue weighted by atomic mass is 10.1. The first kappa shape index (κ1) is 20.3. The van der Waals surface area contributed by atoms with Crippen molar-refractivity contribution >= 4 is 5.91 Å². The molecule has 1 fully saturated rings. The molecule has 2 aromatic rings. The van der Waals surface area contributed by atoms with Gasteiger partial charge in [-0.05, 0) is 61.2 Å². The molecule has 0 aliphatic carbocycles. The molecule has 1 aliphatic rings. The average molecular weight is 386 g/mol.